The zero-order valence-corrected chi connectivity index (χ0v) is 20.7. The third-order valence-electron chi connectivity index (χ3n) is 6.65. The van der Waals surface area contributed by atoms with Gasteiger partial charge in [0.2, 0.25) is 15.0 Å². The Morgan fingerprint density at radius 2 is 2.00 bits per heavy atom. The zero-order chi connectivity index (χ0) is 24.1. The van der Waals surface area contributed by atoms with Gasteiger partial charge in [0.05, 0.1) is 17.7 Å². The van der Waals surface area contributed by atoms with E-state index in [1.165, 1.54) is 11.3 Å². The van der Waals surface area contributed by atoms with Crippen LogP contribution in [0.15, 0.2) is 46.8 Å². The lowest BCUT2D eigenvalue weighted by atomic mass is 9.80. The van der Waals surface area contributed by atoms with Crippen molar-refractivity contribution < 1.29 is 12.8 Å². The van der Waals surface area contributed by atoms with E-state index >= 15 is 0 Å². The lowest BCUT2D eigenvalue weighted by molar-refractivity contribution is 0.372. The summed E-state index contributed by atoms with van der Waals surface area (Å²) in [5.74, 6) is -0.488. The highest BCUT2D eigenvalue weighted by atomic mass is 32.2. The van der Waals surface area contributed by atoms with Crippen LogP contribution in [-0.2, 0) is 22.9 Å². The number of hydrogen-bond donors (Lipinski definition) is 1. The average Bonchev–Trinajstić information content (AvgIpc) is 3.40. The molecule has 1 saturated carbocycles. The summed E-state index contributed by atoms with van der Waals surface area (Å²) >= 11 is 1.50. The van der Waals surface area contributed by atoms with Crippen LogP contribution in [0.5, 0.6) is 0 Å². The maximum Gasteiger partial charge on any atom is 0.257 e. The fourth-order valence-electron chi connectivity index (χ4n) is 4.55. The minimum absolute atomic E-state index is 0.00450. The fraction of sp³-hybridized carbons (Fsp3) is 0.458. The number of fused-ring (bicyclic) bond motifs is 1. The number of thiazole rings is 1. The molecule has 2 unspecified atom stereocenters. The molecule has 0 bridgehead atoms. The molecule has 7 nitrogen and oxygen atoms in total. The Hall–Kier alpha value is -2.43. The maximum absolute atomic E-state index is 14.6. The van der Waals surface area contributed by atoms with E-state index in [1.54, 1.807) is 10.9 Å². The Balaban J connectivity index is 1.53. The van der Waals surface area contributed by atoms with E-state index < -0.39 is 27.0 Å². The monoisotopic (exact) mass is 502 g/mol. The van der Waals surface area contributed by atoms with Gasteiger partial charge in [0.15, 0.2) is 0 Å². The van der Waals surface area contributed by atoms with Crippen molar-refractivity contribution in [2.45, 2.75) is 69.0 Å². The number of aromatic nitrogens is 3. The lowest BCUT2D eigenvalue weighted by Gasteiger charge is -2.33. The quantitative estimate of drug-likeness (QED) is 0.528. The molecule has 2 aliphatic carbocycles. The van der Waals surface area contributed by atoms with Crippen LogP contribution in [0, 0.1) is 0 Å². The molecule has 2 heterocycles. The molecule has 0 saturated heterocycles. The van der Waals surface area contributed by atoms with Gasteiger partial charge in [-0.3, -0.25) is 9.36 Å². The Morgan fingerprint density at radius 3 is 2.68 bits per heavy atom. The first-order valence-electron chi connectivity index (χ1n) is 11.5. The first-order chi connectivity index (χ1) is 16.2. The maximum atomic E-state index is 14.6. The van der Waals surface area contributed by atoms with Crippen LogP contribution in [0.2, 0.25) is 0 Å². The number of nitrogens with one attached hydrogen (secondary N) is 1. The number of alkyl halides is 1. The van der Waals surface area contributed by atoms with Crippen molar-refractivity contribution in [3.63, 3.8) is 0 Å². The predicted octanol–water partition coefficient (Wildman–Crippen LogP) is 3.97. The summed E-state index contributed by atoms with van der Waals surface area (Å²) in [6.45, 7) is 3.81. The first-order valence-corrected chi connectivity index (χ1v) is 13.9. The number of nitrogens with zero attached hydrogens (tertiary/aromatic N) is 3. The van der Waals surface area contributed by atoms with Gasteiger partial charge in [-0.15, -0.1) is 11.3 Å². The second kappa shape index (κ2) is 8.66. The van der Waals surface area contributed by atoms with Crippen LogP contribution in [0.25, 0.3) is 10.6 Å². The number of sulfonamides is 1. The molecule has 10 heteroatoms. The molecular weight excluding hydrogens is 475 g/mol. The van der Waals surface area contributed by atoms with Crippen LogP contribution in [0.4, 0.5) is 4.39 Å². The molecule has 0 aliphatic heterocycles. The molecule has 34 heavy (non-hydrogen) atoms. The Labute approximate surface area is 202 Å². The van der Waals surface area contributed by atoms with E-state index in [0.29, 0.717) is 30.5 Å². The third-order valence-corrected chi connectivity index (χ3v) is 9.58. The highest BCUT2D eigenvalue weighted by molar-refractivity contribution is 7.91. The molecule has 0 spiro atoms. The van der Waals surface area contributed by atoms with Crippen LogP contribution in [0.3, 0.4) is 0 Å². The molecule has 2 aliphatic rings. The van der Waals surface area contributed by atoms with Crippen molar-refractivity contribution in [3.05, 3.63) is 69.3 Å². The average molecular weight is 503 g/mol. The summed E-state index contributed by atoms with van der Waals surface area (Å²) in [4.78, 5) is 22.8. The molecule has 2 atom stereocenters. The van der Waals surface area contributed by atoms with Gasteiger partial charge in [0.1, 0.15) is 5.01 Å². The van der Waals surface area contributed by atoms with Gasteiger partial charge in [0.25, 0.3) is 5.56 Å². The minimum atomic E-state index is -4.15. The van der Waals surface area contributed by atoms with E-state index in [0.717, 1.165) is 16.3 Å². The molecule has 2 aromatic heterocycles. The molecule has 1 N–H and O–H groups in total. The van der Waals surface area contributed by atoms with E-state index in [-0.39, 0.29) is 24.4 Å². The van der Waals surface area contributed by atoms with Crippen molar-refractivity contribution in [1.29, 1.82) is 0 Å². The standard InChI is InChI=1S/C24H27FN4O3S2/c1-15(2)29-14-26-20-9-8-19(28-34(31,32)24(25)10-11-24)18(21(20)23(29)30)12-17-13-33-22(27-17)16-6-4-3-5-7-16/h3-7,13-15,18-19,28H,8-12H2,1-2H3. The molecule has 1 fully saturated rings. The summed E-state index contributed by atoms with van der Waals surface area (Å²) < 4.78 is 44.3. The van der Waals surface area contributed by atoms with Gasteiger partial charge >= 0.3 is 0 Å². The van der Waals surface area contributed by atoms with Gasteiger partial charge in [-0.1, -0.05) is 30.3 Å². The summed E-state index contributed by atoms with van der Waals surface area (Å²) in [7, 11) is -4.15. The van der Waals surface area contributed by atoms with Crippen molar-refractivity contribution in [2.75, 3.05) is 0 Å². The van der Waals surface area contributed by atoms with E-state index in [2.05, 4.69) is 9.71 Å². The lowest BCUT2D eigenvalue weighted by Crippen LogP contribution is -2.48. The summed E-state index contributed by atoms with van der Waals surface area (Å²) in [5, 5.41) is 0.596. The van der Waals surface area contributed by atoms with E-state index in [1.807, 2.05) is 49.6 Å². The van der Waals surface area contributed by atoms with E-state index in [9.17, 15) is 17.6 Å². The number of halogens is 1. The van der Waals surface area contributed by atoms with Gasteiger partial charge < -0.3 is 0 Å². The second-order valence-corrected chi connectivity index (χ2v) is 12.2. The number of hydrogen-bond acceptors (Lipinski definition) is 6. The van der Waals surface area contributed by atoms with Crippen molar-refractivity contribution >= 4 is 21.4 Å². The molecule has 0 radical (unpaired) electrons. The minimum Gasteiger partial charge on any atom is -0.296 e. The van der Waals surface area contributed by atoms with Crippen LogP contribution >= 0.6 is 11.3 Å². The topological polar surface area (TPSA) is 93.9 Å². The smallest absolute Gasteiger partial charge is 0.257 e. The van der Waals surface area contributed by atoms with Gasteiger partial charge in [-0.25, -0.2) is 27.5 Å². The fourth-order valence-corrected chi connectivity index (χ4v) is 6.92. The normalized spacial score (nSPS) is 21.4. The first kappa shape index (κ1) is 23.3. The zero-order valence-electron chi connectivity index (χ0n) is 19.1. The SMILES string of the molecule is CC(C)n1cnc2c(c1=O)C(Cc1csc(-c3ccccc3)n1)C(NS(=O)(=O)C1(F)CC1)CC2. The summed E-state index contributed by atoms with van der Waals surface area (Å²) in [5.41, 5.74) is 2.78. The largest absolute Gasteiger partial charge is 0.296 e. The number of benzene rings is 1. The Kier molecular flexibility index (Phi) is 5.94. The van der Waals surface area contributed by atoms with Gasteiger partial charge in [-0.2, -0.15) is 0 Å². The number of rotatable bonds is 7. The molecule has 3 aromatic rings. The predicted molar refractivity (Wildman–Crippen MR) is 130 cm³/mol. The molecule has 0 amide bonds. The number of aryl methyl sites for hydroxylation is 1. The van der Waals surface area contributed by atoms with Crippen LogP contribution in [-0.4, -0.2) is 34.0 Å². The third kappa shape index (κ3) is 4.23. The Bertz CT molecular complexity index is 1360. The second-order valence-electron chi connectivity index (χ2n) is 9.38. The molecule has 5 rings (SSSR count). The van der Waals surface area contributed by atoms with Crippen molar-refractivity contribution in [2.24, 2.45) is 0 Å². The van der Waals surface area contributed by atoms with Crippen LogP contribution in [0.1, 0.15) is 62.0 Å². The van der Waals surface area contributed by atoms with Crippen molar-refractivity contribution in [1.82, 2.24) is 19.3 Å². The Morgan fingerprint density at radius 1 is 1.26 bits per heavy atom. The molecular formula is C24H27FN4O3S2. The van der Waals surface area contributed by atoms with Crippen molar-refractivity contribution in [3.8, 4) is 10.6 Å². The molecule has 1 aromatic carbocycles. The summed E-state index contributed by atoms with van der Waals surface area (Å²) in [6, 6.07) is 9.11. The summed E-state index contributed by atoms with van der Waals surface area (Å²) in [6.07, 6.45) is 2.83. The molecule has 180 valence electrons. The highest BCUT2D eigenvalue weighted by Gasteiger charge is 2.56. The van der Waals surface area contributed by atoms with Gasteiger partial charge in [-0.05, 0) is 33.1 Å². The van der Waals surface area contributed by atoms with Crippen LogP contribution < -0.4 is 10.3 Å². The van der Waals surface area contributed by atoms with E-state index in [4.69, 9.17) is 4.98 Å². The van der Waals surface area contributed by atoms with Gasteiger partial charge in [0, 0.05) is 47.4 Å². The highest BCUT2D eigenvalue weighted by Crippen LogP contribution is 2.45.